The Hall–Kier alpha value is -2.15. The molecule has 2 N–H and O–H groups in total. The van der Waals surface area contributed by atoms with Gasteiger partial charge in [-0.1, -0.05) is 37.5 Å². The molecule has 0 atom stereocenters. The number of rotatable bonds is 3. The molecule has 27 heavy (non-hydrogen) atoms. The molecule has 0 unspecified atom stereocenters. The second kappa shape index (κ2) is 7.11. The smallest absolute Gasteiger partial charge is 0.157 e. The third-order valence-corrected chi connectivity index (χ3v) is 6.17. The van der Waals surface area contributed by atoms with Crippen molar-refractivity contribution in [2.75, 3.05) is 5.32 Å². The summed E-state index contributed by atoms with van der Waals surface area (Å²) in [6.07, 6.45) is 6.40. The molecular formula is C22H21IN4. The van der Waals surface area contributed by atoms with E-state index in [1.54, 1.807) is 0 Å². The molecule has 0 amide bonds. The van der Waals surface area contributed by atoms with Gasteiger partial charge in [0.15, 0.2) is 5.82 Å². The van der Waals surface area contributed by atoms with Crippen LogP contribution in [-0.4, -0.2) is 15.0 Å². The average molecular weight is 468 g/mol. The fourth-order valence-electron chi connectivity index (χ4n) is 4.04. The van der Waals surface area contributed by atoms with Gasteiger partial charge in [0.1, 0.15) is 16.9 Å². The Morgan fingerprint density at radius 2 is 1.70 bits per heavy atom. The molecule has 1 saturated carbocycles. The molecule has 0 spiro atoms. The molecule has 0 aliphatic heterocycles. The molecule has 0 radical (unpaired) electrons. The summed E-state index contributed by atoms with van der Waals surface area (Å²) in [7, 11) is 0. The zero-order valence-corrected chi connectivity index (χ0v) is 17.2. The molecule has 0 saturated heterocycles. The highest BCUT2D eigenvalue weighted by molar-refractivity contribution is 14.1. The van der Waals surface area contributed by atoms with Gasteiger partial charge in [-0.15, -0.1) is 0 Å². The van der Waals surface area contributed by atoms with Gasteiger partial charge in [0.05, 0.1) is 5.52 Å². The van der Waals surface area contributed by atoms with Crippen molar-refractivity contribution in [2.24, 2.45) is 0 Å². The average Bonchev–Trinajstić information content (AvgIpc) is 3.17. The predicted octanol–water partition coefficient (Wildman–Crippen LogP) is 6.51. The fourth-order valence-corrected chi connectivity index (χ4v) is 4.39. The quantitative estimate of drug-likeness (QED) is 0.337. The van der Waals surface area contributed by atoms with Crippen molar-refractivity contribution < 1.29 is 0 Å². The maximum Gasteiger partial charge on any atom is 0.157 e. The molecule has 5 rings (SSSR count). The first-order valence-electron chi connectivity index (χ1n) is 9.59. The van der Waals surface area contributed by atoms with Crippen LogP contribution in [0.5, 0.6) is 0 Å². The van der Waals surface area contributed by atoms with Gasteiger partial charge in [0.25, 0.3) is 0 Å². The van der Waals surface area contributed by atoms with Crippen LogP contribution in [0.1, 0.15) is 43.8 Å². The van der Waals surface area contributed by atoms with Crippen LogP contribution in [0.25, 0.3) is 21.9 Å². The Morgan fingerprint density at radius 1 is 0.926 bits per heavy atom. The summed E-state index contributed by atoms with van der Waals surface area (Å²) in [5, 5.41) is 4.61. The third-order valence-electron chi connectivity index (χ3n) is 5.45. The molecule has 1 fully saturated rings. The summed E-state index contributed by atoms with van der Waals surface area (Å²) in [5.74, 6) is 2.50. The molecule has 2 aromatic carbocycles. The highest BCUT2D eigenvalue weighted by Gasteiger charge is 2.21. The van der Waals surface area contributed by atoms with Crippen molar-refractivity contribution in [1.29, 1.82) is 0 Å². The van der Waals surface area contributed by atoms with Crippen LogP contribution >= 0.6 is 22.6 Å². The number of imidazole rings is 1. The summed E-state index contributed by atoms with van der Waals surface area (Å²) >= 11 is 2.32. The van der Waals surface area contributed by atoms with Gasteiger partial charge >= 0.3 is 0 Å². The Kier molecular flexibility index (Phi) is 4.47. The lowest BCUT2D eigenvalue weighted by Gasteiger charge is -2.19. The molecule has 4 aromatic rings. The summed E-state index contributed by atoms with van der Waals surface area (Å²) < 4.78 is 1.22. The largest absolute Gasteiger partial charge is 0.339 e. The van der Waals surface area contributed by atoms with E-state index in [0.29, 0.717) is 5.92 Å². The first kappa shape index (κ1) is 17.0. The van der Waals surface area contributed by atoms with Gasteiger partial charge in [0.2, 0.25) is 0 Å². The molecular weight excluding hydrogens is 447 g/mol. The first-order valence-corrected chi connectivity index (χ1v) is 10.7. The van der Waals surface area contributed by atoms with Gasteiger partial charge in [-0.25, -0.2) is 9.97 Å². The fraction of sp³-hybridized carbons (Fsp3) is 0.273. The Bertz CT molecular complexity index is 1090. The number of benzene rings is 2. The molecule has 1 aliphatic rings. The van der Waals surface area contributed by atoms with Crippen molar-refractivity contribution in [3.8, 4) is 0 Å². The van der Waals surface area contributed by atoms with Gasteiger partial charge in [-0.3, -0.25) is 0 Å². The second-order valence-electron chi connectivity index (χ2n) is 7.29. The van der Waals surface area contributed by atoms with Crippen LogP contribution < -0.4 is 5.32 Å². The number of hydrogen-bond acceptors (Lipinski definition) is 3. The lowest BCUT2D eigenvalue weighted by Crippen LogP contribution is -2.06. The van der Waals surface area contributed by atoms with Gasteiger partial charge in [-0.2, -0.15) is 0 Å². The van der Waals surface area contributed by atoms with E-state index < -0.39 is 0 Å². The van der Waals surface area contributed by atoms with E-state index in [1.165, 1.54) is 35.7 Å². The van der Waals surface area contributed by atoms with Crippen LogP contribution in [0.15, 0.2) is 48.5 Å². The lowest BCUT2D eigenvalue weighted by molar-refractivity contribution is 0.431. The van der Waals surface area contributed by atoms with E-state index in [2.05, 4.69) is 75.4 Å². The van der Waals surface area contributed by atoms with E-state index >= 15 is 0 Å². The summed E-state index contributed by atoms with van der Waals surface area (Å²) in [4.78, 5) is 13.6. The van der Waals surface area contributed by atoms with E-state index in [9.17, 15) is 0 Å². The molecule has 2 heterocycles. The molecule has 5 heteroatoms. The SMILES string of the molecule is Ic1ccc(Nc2nc3ccccc3c3nc(C4CCCCC4)[nH]c23)cc1. The van der Waals surface area contributed by atoms with E-state index in [1.807, 2.05) is 6.07 Å². The minimum atomic E-state index is 0.538. The minimum absolute atomic E-state index is 0.538. The summed E-state index contributed by atoms with van der Waals surface area (Å²) in [6.45, 7) is 0. The Morgan fingerprint density at radius 3 is 2.52 bits per heavy atom. The minimum Gasteiger partial charge on any atom is -0.339 e. The van der Waals surface area contributed by atoms with Gasteiger partial charge in [-0.05, 0) is 65.8 Å². The molecule has 4 nitrogen and oxygen atoms in total. The van der Waals surface area contributed by atoms with Crippen molar-refractivity contribution in [2.45, 2.75) is 38.0 Å². The van der Waals surface area contributed by atoms with Crippen LogP contribution in [0, 0.1) is 3.57 Å². The van der Waals surface area contributed by atoms with Crippen molar-refractivity contribution >= 4 is 56.0 Å². The monoisotopic (exact) mass is 468 g/mol. The number of nitrogens with zero attached hydrogens (tertiary/aromatic N) is 2. The highest BCUT2D eigenvalue weighted by atomic mass is 127. The summed E-state index contributed by atoms with van der Waals surface area (Å²) in [6, 6.07) is 16.6. The normalized spacial score (nSPS) is 15.4. The predicted molar refractivity (Wildman–Crippen MR) is 120 cm³/mol. The van der Waals surface area contributed by atoms with Crippen LogP contribution in [0.2, 0.25) is 0 Å². The molecule has 1 aliphatic carbocycles. The number of fused-ring (bicyclic) bond motifs is 3. The van der Waals surface area contributed by atoms with Crippen molar-refractivity contribution in [1.82, 2.24) is 15.0 Å². The van der Waals surface area contributed by atoms with Crippen LogP contribution in [0.3, 0.4) is 0 Å². The number of halogens is 1. The number of para-hydroxylation sites is 1. The highest BCUT2D eigenvalue weighted by Crippen LogP contribution is 2.35. The van der Waals surface area contributed by atoms with Crippen LogP contribution in [0.4, 0.5) is 11.5 Å². The zero-order valence-electron chi connectivity index (χ0n) is 15.0. The Labute approximate surface area is 171 Å². The van der Waals surface area contributed by atoms with E-state index in [4.69, 9.17) is 9.97 Å². The summed E-state index contributed by atoms with van der Waals surface area (Å²) in [5.41, 5.74) is 4.04. The van der Waals surface area contributed by atoms with E-state index in [0.717, 1.165) is 39.3 Å². The number of hydrogen-bond donors (Lipinski definition) is 2. The Balaban J connectivity index is 1.65. The van der Waals surface area contributed by atoms with Crippen molar-refractivity contribution in [3.05, 3.63) is 57.9 Å². The molecule has 136 valence electrons. The lowest BCUT2D eigenvalue weighted by atomic mass is 9.89. The third kappa shape index (κ3) is 3.29. The second-order valence-corrected chi connectivity index (χ2v) is 8.54. The molecule has 2 aromatic heterocycles. The maximum absolute atomic E-state index is 5.04. The number of aromatic nitrogens is 3. The standard InChI is InChI=1S/C22H21IN4/c23-15-10-12-16(13-11-15)24-22-20-19(17-8-4-5-9-18(17)25-22)26-21(27-20)14-6-2-1-3-7-14/h4-5,8-14H,1-3,6-7H2,(H,24,25)(H,26,27). The van der Waals surface area contributed by atoms with Gasteiger partial charge < -0.3 is 10.3 Å². The topological polar surface area (TPSA) is 53.6 Å². The number of H-pyrrole nitrogens is 1. The number of nitrogens with one attached hydrogen (secondary N) is 2. The maximum atomic E-state index is 5.04. The van der Waals surface area contributed by atoms with Crippen molar-refractivity contribution in [3.63, 3.8) is 0 Å². The number of aromatic amines is 1. The number of pyridine rings is 1. The van der Waals surface area contributed by atoms with Gasteiger partial charge in [0, 0.05) is 20.6 Å². The molecule has 0 bridgehead atoms. The van der Waals surface area contributed by atoms with E-state index in [-0.39, 0.29) is 0 Å². The van der Waals surface area contributed by atoms with Crippen LogP contribution in [-0.2, 0) is 0 Å². The number of anilines is 2. The first-order chi connectivity index (χ1) is 13.3. The zero-order chi connectivity index (χ0) is 18.2.